The van der Waals surface area contributed by atoms with E-state index in [-0.39, 0.29) is 6.04 Å². The average molecular weight is 230 g/mol. The van der Waals surface area contributed by atoms with Crippen molar-refractivity contribution in [3.8, 4) is 11.4 Å². The number of nitrogens with zero attached hydrogens (tertiary/aromatic N) is 1. The predicted octanol–water partition coefficient (Wildman–Crippen LogP) is 2.38. The Labute approximate surface area is 102 Å². The molecule has 1 aromatic heterocycles. The molecule has 1 unspecified atom stereocenters. The van der Waals surface area contributed by atoms with E-state index in [9.17, 15) is 0 Å². The molecular weight excluding hydrogens is 212 g/mol. The number of ether oxygens (including phenoxy) is 1. The van der Waals surface area contributed by atoms with Crippen molar-refractivity contribution >= 4 is 0 Å². The van der Waals surface area contributed by atoms with Crippen molar-refractivity contribution in [3.05, 3.63) is 48.3 Å². The van der Waals surface area contributed by atoms with E-state index in [1.165, 1.54) is 5.69 Å². The summed E-state index contributed by atoms with van der Waals surface area (Å²) in [7, 11) is 1.68. The van der Waals surface area contributed by atoms with Crippen LogP contribution in [-0.4, -0.2) is 17.7 Å². The highest BCUT2D eigenvalue weighted by atomic mass is 16.5. The topological polar surface area (TPSA) is 40.2 Å². The fraction of sp³-hybridized carbons (Fsp3) is 0.286. The van der Waals surface area contributed by atoms with Crippen LogP contribution in [0, 0.1) is 0 Å². The molecule has 0 bridgehead atoms. The summed E-state index contributed by atoms with van der Waals surface area (Å²) in [6.45, 7) is 2.02. The molecule has 1 aromatic carbocycles. The second-order valence-corrected chi connectivity index (χ2v) is 4.25. The van der Waals surface area contributed by atoms with Crippen molar-refractivity contribution in [2.45, 2.75) is 19.4 Å². The Kier molecular flexibility index (Phi) is 3.49. The molecule has 3 heteroatoms. The van der Waals surface area contributed by atoms with Gasteiger partial charge in [-0.15, -0.1) is 0 Å². The number of hydrogen-bond donors (Lipinski definition) is 1. The minimum atomic E-state index is 0.161. The number of nitrogens with two attached hydrogens (primary N) is 1. The Morgan fingerprint density at radius 2 is 2.12 bits per heavy atom. The SMILES string of the molecule is COc1cccc(-n2cccc2CC(C)N)c1. The molecule has 3 nitrogen and oxygen atoms in total. The molecule has 90 valence electrons. The van der Waals surface area contributed by atoms with Crippen LogP contribution in [-0.2, 0) is 6.42 Å². The number of rotatable bonds is 4. The maximum Gasteiger partial charge on any atom is 0.120 e. The van der Waals surface area contributed by atoms with E-state index in [1.807, 2.05) is 37.4 Å². The first kappa shape index (κ1) is 11.7. The molecule has 2 aromatic rings. The Morgan fingerprint density at radius 1 is 1.29 bits per heavy atom. The van der Waals surface area contributed by atoms with Gasteiger partial charge in [-0.2, -0.15) is 0 Å². The van der Waals surface area contributed by atoms with E-state index in [1.54, 1.807) is 7.11 Å². The van der Waals surface area contributed by atoms with Crippen LogP contribution in [0.1, 0.15) is 12.6 Å². The van der Waals surface area contributed by atoms with Crippen LogP contribution in [0.15, 0.2) is 42.6 Å². The average Bonchev–Trinajstić information content (AvgIpc) is 2.76. The van der Waals surface area contributed by atoms with Gasteiger partial charge in [0.05, 0.1) is 7.11 Å². The van der Waals surface area contributed by atoms with Gasteiger partial charge in [-0.05, 0) is 31.2 Å². The maximum absolute atomic E-state index is 5.85. The van der Waals surface area contributed by atoms with E-state index in [2.05, 4.69) is 16.7 Å². The first-order valence-electron chi connectivity index (χ1n) is 5.77. The van der Waals surface area contributed by atoms with E-state index in [4.69, 9.17) is 10.5 Å². The van der Waals surface area contributed by atoms with Crippen molar-refractivity contribution in [1.29, 1.82) is 0 Å². The van der Waals surface area contributed by atoms with Gasteiger partial charge in [-0.1, -0.05) is 6.07 Å². The molecule has 2 rings (SSSR count). The summed E-state index contributed by atoms with van der Waals surface area (Å²) in [5.74, 6) is 0.864. The van der Waals surface area contributed by atoms with Crippen LogP contribution in [0.5, 0.6) is 5.75 Å². The summed E-state index contributed by atoms with van der Waals surface area (Å²) in [6.07, 6.45) is 2.91. The highest BCUT2D eigenvalue weighted by Gasteiger charge is 2.06. The fourth-order valence-electron chi connectivity index (χ4n) is 1.92. The summed E-state index contributed by atoms with van der Waals surface area (Å²) < 4.78 is 7.38. The van der Waals surface area contributed by atoms with Gasteiger partial charge in [0.1, 0.15) is 5.75 Å². The number of hydrogen-bond acceptors (Lipinski definition) is 2. The van der Waals surface area contributed by atoms with Gasteiger partial charge in [-0.3, -0.25) is 0 Å². The highest BCUT2D eigenvalue weighted by molar-refractivity contribution is 5.41. The van der Waals surface area contributed by atoms with Gasteiger partial charge in [-0.25, -0.2) is 0 Å². The molecule has 0 radical (unpaired) electrons. The maximum atomic E-state index is 5.85. The number of aromatic nitrogens is 1. The standard InChI is InChI=1S/C14H18N2O/c1-11(15)9-12-6-4-8-16(12)13-5-3-7-14(10-13)17-2/h3-8,10-11H,9,15H2,1-2H3. The lowest BCUT2D eigenvalue weighted by Crippen LogP contribution is -2.19. The summed E-state index contributed by atoms with van der Waals surface area (Å²) in [6, 6.07) is 12.3. The largest absolute Gasteiger partial charge is 0.497 e. The third kappa shape index (κ3) is 2.68. The quantitative estimate of drug-likeness (QED) is 0.876. The molecular formula is C14H18N2O. The summed E-state index contributed by atoms with van der Waals surface area (Å²) in [4.78, 5) is 0. The Balaban J connectivity index is 2.35. The Hall–Kier alpha value is -1.74. The molecule has 0 aliphatic heterocycles. The van der Waals surface area contributed by atoms with Crippen molar-refractivity contribution in [3.63, 3.8) is 0 Å². The molecule has 0 saturated carbocycles. The lowest BCUT2D eigenvalue weighted by Gasteiger charge is -2.12. The summed E-state index contributed by atoms with van der Waals surface area (Å²) >= 11 is 0. The first-order chi connectivity index (χ1) is 8.20. The van der Waals surface area contributed by atoms with Gasteiger partial charge in [0, 0.05) is 36.1 Å². The second kappa shape index (κ2) is 5.06. The van der Waals surface area contributed by atoms with Crippen molar-refractivity contribution in [2.75, 3.05) is 7.11 Å². The molecule has 0 aliphatic carbocycles. The molecule has 0 saturated heterocycles. The van der Waals surface area contributed by atoms with Crippen molar-refractivity contribution < 1.29 is 4.74 Å². The fourth-order valence-corrected chi connectivity index (χ4v) is 1.92. The van der Waals surface area contributed by atoms with E-state index >= 15 is 0 Å². The first-order valence-corrected chi connectivity index (χ1v) is 5.77. The number of methoxy groups -OCH3 is 1. The third-order valence-electron chi connectivity index (χ3n) is 2.70. The van der Waals surface area contributed by atoms with Crippen LogP contribution in [0.4, 0.5) is 0 Å². The van der Waals surface area contributed by atoms with Gasteiger partial charge < -0.3 is 15.0 Å². The zero-order chi connectivity index (χ0) is 12.3. The zero-order valence-electron chi connectivity index (χ0n) is 10.3. The van der Waals surface area contributed by atoms with Crippen LogP contribution in [0.3, 0.4) is 0 Å². The molecule has 1 atom stereocenters. The van der Waals surface area contributed by atoms with Gasteiger partial charge in [0.2, 0.25) is 0 Å². The second-order valence-electron chi connectivity index (χ2n) is 4.25. The zero-order valence-corrected chi connectivity index (χ0v) is 10.3. The molecule has 17 heavy (non-hydrogen) atoms. The third-order valence-corrected chi connectivity index (χ3v) is 2.70. The molecule has 0 fully saturated rings. The number of benzene rings is 1. The van der Waals surface area contributed by atoms with Gasteiger partial charge >= 0.3 is 0 Å². The molecule has 0 aliphatic rings. The smallest absolute Gasteiger partial charge is 0.120 e. The molecule has 2 N–H and O–H groups in total. The predicted molar refractivity (Wildman–Crippen MR) is 69.7 cm³/mol. The molecule has 0 spiro atoms. The van der Waals surface area contributed by atoms with Crippen molar-refractivity contribution in [2.24, 2.45) is 5.73 Å². The van der Waals surface area contributed by atoms with Crippen LogP contribution >= 0.6 is 0 Å². The van der Waals surface area contributed by atoms with Crippen LogP contribution in [0.2, 0.25) is 0 Å². The summed E-state index contributed by atoms with van der Waals surface area (Å²) in [5.41, 5.74) is 8.17. The minimum Gasteiger partial charge on any atom is -0.497 e. The lowest BCUT2D eigenvalue weighted by molar-refractivity contribution is 0.414. The monoisotopic (exact) mass is 230 g/mol. The Morgan fingerprint density at radius 3 is 2.82 bits per heavy atom. The normalized spacial score (nSPS) is 12.4. The van der Waals surface area contributed by atoms with Gasteiger partial charge in [0.25, 0.3) is 0 Å². The van der Waals surface area contributed by atoms with E-state index < -0.39 is 0 Å². The minimum absolute atomic E-state index is 0.161. The van der Waals surface area contributed by atoms with E-state index in [0.29, 0.717) is 0 Å². The van der Waals surface area contributed by atoms with Crippen LogP contribution in [0.25, 0.3) is 5.69 Å². The summed E-state index contributed by atoms with van der Waals surface area (Å²) in [5, 5.41) is 0. The van der Waals surface area contributed by atoms with Crippen molar-refractivity contribution in [1.82, 2.24) is 4.57 Å². The van der Waals surface area contributed by atoms with Crippen LogP contribution < -0.4 is 10.5 Å². The molecule has 0 amide bonds. The Bertz CT molecular complexity index is 488. The van der Waals surface area contributed by atoms with Gasteiger partial charge in [0.15, 0.2) is 0 Å². The lowest BCUT2D eigenvalue weighted by atomic mass is 10.2. The van der Waals surface area contributed by atoms with E-state index in [0.717, 1.165) is 17.9 Å². The molecule has 1 heterocycles. The highest BCUT2D eigenvalue weighted by Crippen LogP contribution is 2.19.